The van der Waals surface area contributed by atoms with Crippen LogP contribution in [0, 0.1) is 6.92 Å². The molecule has 0 amide bonds. The number of phosphoric ester groups is 1. The van der Waals surface area contributed by atoms with Gasteiger partial charge in [0.2, 0.25) is 0 Å². The Labute approximate surface area is 124 Å². The van der Waals surface area contributed by atoms with Crippen molar-refractivity contribution >= 4 is 13.6 Å². The first-order valence-electron chi connectivity index (χ1n) is 6.17. The van der Waals surface area contributed by atoms with E-state index in [4.69, 9.17) is 20.3 Å². The highest BCUT2D eigenvalue weighted by molar-refractivity contribution is 7.46. The van der Waals surface area contributed by atoms with Gasteiger partial charge >= 0.3 is 13.5 Å². The van der Waals surface area contributed by atoms with Crippen LogP contribution in [0.1, 0.15) is 11.8 Å². The van der Waals surface area contributed by atoms with Gasteiger partial charge in [-0.25, -0.2) is 9.36 Å². The highest BCUT2D eigenvalue weighted by Crippen LogP contribution is 2.38. The van der Waals surface area contributed by atoms with Crippen LogP contribution < -0.4 is 11.4 Å². The van der Waals surface area contributed by atoms with Crippen molar-refractivity contribution in [2.75, 3.05) is 12.3 Å². The summed E-state index contributed by atoms with van der Waals surface area (Å²) in [5, 5.41) is 19.8. The van der Waals surface area contributed by atoms with Gasteiger partial charge in [-0.2, -0.15) is 4.98 Å². The molecule has 1 aliphatic heterocycles. The molecule has 2 rings (SSSR count). The van der Waals surface area contributed by atoms with E-state index in [2.05, 4.69) is 9.51 Å². The molecule has 22 heavy (non-hydrogen) atoms. The van der Waals surface area contributed by atoms with E-state index in [1.165, 1.54) is 6.20 Å². The molecular weight excluding hydrogens is 321 g/mol. The number of aliphatic hydroxyl groups is 2. The maximum atomic E-state index is 11.8. The molecule has 6 N–H and O–H groups in total. The van der Waals surface area contributed by atoms with Crippen molar-refractivity contribution < 1.29 is 33.8 Å². The van der Waals surface area contributed by atoms with Crippen LogP contribution in [0.3, 0.4) is 0 Å². The van der Waals surface area contributed by atoms with E-state index in [0.717, 1.165) is 4.57 Å². The van der Waals surface area contributed by atoms with Gasteiger partial charge in [-0.1, -0.05) is 0 Å². The van der Waals surface area contributed by atoms with Gasteiger partial charge in [-0.05, 0) is 6.92 Å². The second-order valence-corrected chi connectivity index (χ2v) is 6.07. The SMILES string of the molecule is Cc1cn(C2O[C@H](COP(=O)(O)O)[C@@H](O)[C@H]2O)c(=O)nc1N. The first kappa shape index (κ1) is 17.0. The Morgan fingerprint density at radius 3 is 2.68 bits per heavy atom. The molecule has 0 aromatic carbocycles. The van der Waals surface area contributed by atoms with Crippen LogP contribution in [0.25, 0.3) is 0 Å². The van der Waals surface area contributed by atoms with E-state index in [9.17, 15) is 19.6 Å². The molecule has 1 fully saturated rings. The number of rotatable bonds is 4. The molecule has 1 aromatic heterocycles. The minimum Gasteiger partial charge on any atom is -0.387 e. The Bertz CT molecular complexity index is 658. The third-order valence-corrected chi connectivity index (χ3v) is 3.68. The number of hydrogen-bond donors (Lipinski definition) is 5. The van der Waals surface area contributed by atoms with Gasteiger partial charge in [-0.15, -0.1) is 0 Å². The summed E-state index contributed by atoms with van der Waals surface area (Å²) in [7, 11) is -4.75. The highest BCUT2D eigenvalue weighted by Gasteiger charge is 2.45. The van der Waals surface area contributed by atoms with E-state index in [1.807, 2.05) is 0 Å². The summed E-state index contributed by atoms with van der Waals surface area (Å²) in [6, 6.07) is 0. The van der Waals surface area contributed by atoms with E-state index >= 15 is 0 Å². The van der Waals surface area contributed by atoms with Crippen LogP contribution in [-0.4, -0.2) is 54.5 Å². The van der Waals surface area contributed by atoms with Crippen molar-refractivity contribution in [1.82, 2.24) is 9.55 Å². The number of anilines is 1. The molecule has 4 atom stereocenters. The fourth-order valence-electron chi connectivity index (χ4n) is 2.03. The average molecular weight is 337 g/mol. The normalized spacial score (nSPS) is 29.0. The minimum absolute atomic E-state index is 0.0238. The largest absolute Gasteiger partial charge is 0.469 e. The van der Waals surface area contributed by atoms with Crippen LogP contribution in [0.5, 0.6) is 0 Å². The number of aryl methyl sites for hydroxylation is 1. The Morgan fingerprint density at radius 2 is 2.09 bits per heavy atom. The van der Waals surface area contributed by atoms with E-state index in [-0.39, 0.29) is 5.82 Å². The van der Waals surface area contributed by atoms with E-state index in [1.54, 1.807) is 6.92 Å². The van der Waals surface area contributed by atoms with Crippen molar-refractivity contribution in [2.24, 2.45) is 0 Å². The smallest absolute Gasteiger partial charge is 0.387 e. The molecule has 1 saturated heterocycles. The zero-order valence-corrected chi connectivity index (χ0v) is 12.3. The first-order valence-corrected chi connectivity index (χ1v) is 7.70. The summed E-state index contributed by atoms with van der Waals surface area (Å²) in [6.45, 7) is 0.930. The summed E-state index contributed by atoms with van der Waals surface area (Å²) in [4.78, 5) is 32.6. The summed E-state index contributed by atoms with van der Waals surface area (Å²) in [5.74, 6) is 0.0238. The second-order valence-electron chi connectivity index (χ2n) is 4.83. The van der Waals surface area contributed by atoms with Crippen LogP contribution >= 0.6 is 7.82 Å². The predicted octanol–water partition coefficient (Wildman–Crippen LogP) is -2.14. The number of nitrogen functional groups attached to an aromatic ring is 1. The average Bonchev–Trinajstić information content (AvgIpc) is 2.68. The zero-order chi connectivity index (χ0) is 16.7. The molecule has 2 heterocycles. The monoisotopic (exact) mass is 337 g/mol. The maximum absolute atomic E-state index is 11.8. The lowest BCUT2D eigenvalue weighted by Gasteiger charge is -2.18. The van der Waals surface area contributed by atoms with Crippen LogP contribution in [0.4, 0.5) is 5.82 Å². The third-order valence-electron chi connectivity index (χ3n) is 3.19. The Morgan fingerprint density at radius 1 is 1.45 bits per heavy atom. The van der Waals surface area contributed by atoms with E-state index < -0.39 is 44.7 Å². The Hall–Kier alpha value is -1.33. The van der Waals surface area contributed by atoms with Gasteiger partial charge < -0.3 is 30.5 Å². The number of hydrogen-bond acceptors (Lipinski definition) is 8. The molecule has 0 saturated carbocycles. The second kappa shape index (κ2) is 6.05. The van der Waals surface area contributed by atoms with Gasteiger partial charge in [-0.3, -0.25) is 9.09 Å². The number of ether oxygens (including phenoxy) is 1. The summed E-state index contributed by atoms with van der Waals surface area (Å²) in [5.41, 5.74) is 5.15. The first-order chi connectivity index (χ1) is 10.1. The fourth-order valence-corrected chi connectivity index (χ4v) is 2.37. The molecule has 0 radical (unpaired) electrons. The standard InChI is InChI=1S/C10H16N3O8P/c1-4-2-13(10(16)12-8(4)11)9-7(15)6(14)5(21-9)3-20-22(17,18)19/h2,5-7,9,14-15H,3H2,1H3,(H2,11,12,16)(H2,17,18,19)/t5-,6-,7-,9?/m1/s1. The Kier molecular flexibility index (Phi) is 4.68. The fraction of sp³-hybridized carbons (Fsp3) is 0.600. The van der Waals surface area contributed by atoms with Crippen molar-refractivity contribution in [3.05, 3.63) is 22.2 Å². The third kappa shape index (κ3) is 3.52. The van der Waals surface area contributed by atoms with Crippen molar-refractivity contribution in [2.45, 2.75) is 31.5 Å². The van der Waals surface area contributed by atoms with Crippen LogP contribution in [0.15, 0.2) is 11.0 Å². The van der Waals surface area contributed by atoms with Crippen LogP contribution in [-0.2, 0) is 13.8 Å². The van der Waals surface area contributed by atoms with Gasteiger partial charge in [0.1, 0.15) is 24.1 Å². The van der Waals surface area contributed by atoms with Crippen molar-refractivity contribution in [1.29, 1.82) is 0 Å². The minimum atomic E-state index is -4.75. The van der Waals surface area contributed by atoms with Crippen molar-refractivity contribution in [3.63, 3.8) is 0 Å². The van der Waals surface area contributed by atoms with Crippen molar-refractivity contribution in [3.8, 4) is 0 Å². The van der Waals surface area contributed by atoms with Gasteiger partial charge in [0.15, 0.2) is 6.23 Å². The van der Waals surface area contributed by atoms with Gasteiger partial charge in [0.25, 0.3) is 0 Å². The van der Waals surface area contributed by atoms with Crippen LogP contribution in [0.2, 0.25) is 0 Å². The molecule has 0 aliphatic carbocycles. The number of phosphoric acid groups is 1. The molecule has 0 spiro atoms. The molecule has 0 bridgehead atoms. The molecule has 124 valence electrons. The number of nitrogens with zero attached hydrogens (tertiary/aromatic N) is 2. The highest BCUT2D eigenvalue weighted by atomic mass is 31.2. The van der Waals surface area contributed by atoms with Gasteiger partial charge in [0.05, 0.1) is 6.61 Å². The summed E-state index contributed by atoms with van der Waals surface area (Å²) >= 11 is 0. The lowest BCUT2D eigenvalue weighted by Crippen LogP contribution is -2.36. The molecule has 12 heteroatoms. The number of aromatic nitrogens is 2. The molecule has 1 aliphatic rings. The van der Waals surface area contributed by atoms with E-state index in [0.29, 0.717) is 5.56 Å². The lowest BCUT2D eigenvalue weighted by molar-refractivity contribution is -0.0542. The maximum Gasteiger partial charge on any atom is 0.469 e. The number of nitrogens with two attached hydrogens (primary N) is 1. The zero-order valence-electron chi connectivity index (χ0n) is 11.4. The van der Waals surface area contributed by atoms with Gasteiger partial charge in [0, 0.05) is 11.8 Å². The molecular formula is C10H16N3O8P. The predicted molar refractivity (Wildman–Crippen MR) is 71.6 cm³/mol. The quantitative estimate of drug-likeness (QED) is 0.381. The summed E-state index contributed by atoms with van der Waals surface area (Å²) in [6.07, 6.45) is -4.21. The topological polar surface area (TPSA) is 177 Å². The molecule has 1 unspecified atom stereocenters. The number of aliphatic hydroxyl groups excluding tert-OH is 2. The molecule has 11 nitrogen and oxygen atoms in total. The molecule has 1 aromatic rings. The lowest BCUT2D eigenvalue weighted by atomic mass is 10.1. The summed E-state index contributed by atoms with van der Waals surface area (Å²) < 4.78 is 21.1. The Balaban J connectivity index is 2.22.